The van der Waals surface area contributed by atoms with E-state index in [0.717, 1.165) is 58.0 Å². The van der Waals surface area contributed by atoms with Gasteiger partial charge in [-0.15, -0.1) is 0 Å². The van der Waals surface area contributed by atoms with Crippen LogP contribution in [0.1, 0.15) is 73.0 Å². The standard InChI is InChI=1S/C38H38N4O/c1-24-19-31-32(20-25(24)2)40-37(36-33(39-31)22-38(3,4)23-35(36)43)28-15-17-29(18-16-28)42-34(27-13-9-6-10-14-27)21-30(41-42)26-11-7-5-8-12-26/h5-20,34,37,39-40H,21-23H2,1-4H3/t34-,37-/m1/s1. The summed E-state index contributed by atoms with van der Waals surface area (Å²) in [6, 6.07) is 34.0. The highest BCUT2D eigenvalue weighted by molar-refractivity contribution is 6.03. The van der Waals surface area contributed by atoms with Crippen molar-refractivity contribution < 1.29 is 4.79 Å². The Bertz CT molecular complexity index is 1750. The molecule has 5 heteroatoms. The number of rotatable bonds is 4. The van der Waals surface area contributed by atoms with Crippen LogP contribution >= 0.6 is 0 Å². The minimum Gasteiger partial charge on any atom is -0.372 e. The fraction of sp³-hybridized carbons (Fsp3) is 0.263. The van der Waals surface area contributed by atoms with Gasteiger partial charge in [0.1, 0.15) is 0 Å². The van der Waals surface area contributed by atoms with Crippen LogP contribution in [0.25, 0.3) is 0 Å². The Hall–Kier alpha value is -4.64. The van der Waals surface area contributed by atoms with E-state index in [1.807, 2.05) is 6.07 Å². The van der Waals surface area contributed by atoms with E-state index in [0.29, 0.717) is 6.42 Å². The Morgan fingerprint density at radius 1 is 0.791 bits per heavy atom. The van der Waals surface area contributed by atoms with Crippen molar-refractivity contribution in [1.29, 1.82) is 0 Å². The normalized spacial score (nSPS) is 20.9. The van der Waals surface area contributed by atoms with Gasteiger partial charge in [-0.25, -0.2) is 0 Å². The third kappa shape index (κ3) is 5.14. The van der Waals surface area contributed by atoms with Crippen molar-refractivity contribution in [3.8, 4) is 0 Å². The molecule has 2 atom stereocenters. The Labute approximate surface area is 254 Å². The fourth-order valence-electron chi connectivity index (χ4n) is 6.77. The van der Waals surface area contributed by atoms with Crippen LogP contribution in [0.15, 0.2) is 113 Å². The number of carbonyl (C=O) groups is 1. The predicted molar refractivity (Wildman–Crippen MR) is 177 cm³/mol. The van der Waals surface area contributed by atoms with Crippen molar-refractivity contribution in [3.63, 3.8) is 0 Å². The molecule has 1 aliphatic carbocycles. The van der Waals surface area contributed by atoms with Gasteiger partial charge in [-0.1, -0.05) is 86.6 Å². The number of carbonyl (C=O) groups excluding carboxylic acids is 1. The van der Waals surface area contributed by atoms with Gasteiger partial charge in [0.05, 0.1) is 34.9 Å². The third-order valence-electron chi connectivity index (χ3n) is 9.12. The summed E-state index contributed by atoms with van der Waals surface area (Å²) in [4.78, 5) is 13.7. The summed E-state index contributed by atoms with van der Waals surface area (Å²) in [5.74, 6) is 0.211. The highest BCUT2D eigenvalue weighted by Gasteiger charge is 2.39. The molecular formula is C38H38N4O. The maximum atomic E-state index is 13.7. The summed E-state index contributed by atoms with van der Waals surface area (Å²) in [5.41, 5.74) is 11.9. The van der Waals surface area contributed by atoms with E-state index in [2.05, 4.69) is 134 Å². The van der Waals surface area contributed by atoms with E-state index in [1.165, 1.54) is 16.7 Å². The fourth-order valence-corrected chi connectivity index (χ4v) is 6.77. The van der Waals surface area contributed by atoms with Crippen LogP contribution in [-0.2, 0) is 4.79 Å². The molecule has 2 aliphatic heterocycles. The minimum absolute atomic E-state index is 0.0851. The molecule has 2 heterocycles. The van der Waals surface area contributed by atoms with E-state index in [1.54, 1.807) is 0 Å². The van der Waals surface area contributed by atoms with Crippen molar-refractivity contribution in [2.24, 2.45) is 10.5 Å². The lowest BCUT2D eigenvalue weighted by atomic mass is 9.73. The lowest BCUT2D eigenvalue weighted by Crippen LogP contribution is -2.31. The minimum atomic E-state index is -0.240. The van der Waals surface area contributed by atoms with Gasteiger partial charge in [0.15, 0.2) is 5.78 Å². The van der Waals surface area contributed by atoms with Gasteiger partial charge < -0.3 is 10.6 Å². The number of benzene rings is 4. The summed E-state index contributed by atoms with van der Waals surface area (Å²) >= 11 is 0. The van der Waals surface area contributed by atoms with Crippen molar-refractivity contribution in [1.82, 2.24) is 0 Å². The van der Waals surface area contributed by atoms with E-state index in [4.69, 9.17) is 5.10 Å². The molecule has 0 fully saturated rings. The van der Waals surface area contributed by atoms with Gasteiger partial charge in [0.25, 0.3) is 0 Å². The number of allylic oxidation sites excluding steroid dienone is 1. The number of fused-ring (bicyclic) bond motifs is 1. The third-order valence-corrected chi connectivity index (χ3v) is 9.12. The summed E-state index contributed by atoms with van der Waals surface area (Å²) in [6.07, 6.45) is 2.21. The number of ketones is 1. The van der Waals surface area contributed by atoms with Gasteiger partial charge in [-0.05, 0) is 77.8 Å². The molecule has 0 spiro atoms. The van der Waals surface area contributed by atoms with Crippen LogP contribution in [-0.4, -0.2) is 11.5 Å². The summed E-state index contributed by atoms with van der Waals surface area (Å²) in [7, 11) is 0. The predicted octanol–water partition coefficient (Wildman–Crippen LogP) is 8.88. The number of hydrogen-bond donors (Lipinski definition) is 2. The monoisotopic (exact) mass is 566 g/mol. The summed E-state index contributed by atoms with van der Waals surface area (Å²) < 4.78 is 0. The first-order chi connectivity index (χ1) is 20.8. The second kappa shape index (κ2) is 10.6. The molecule has 216 valence electrons. The first kappa shape index (κ1) is 27.2. The summed E-state index contributed by atoms with van der Waals surface area (Å²) in [5, 5.41) is 14.8. The van der Waals surface area contributed by atoms with Crippen LogP contribution in [0.3, 0.4) is 0 Å². The topological polar surface area (TPSA) is 56.7 Å². The van der Waals surface area contributed by atoms with E-state index < -0.39 is 0 Å². The molecule has 5 nitrogen and oxygen atoms in total. The zero-order chi connectivity index (χ0) is 29.7. The number of nitrogens with one attached hydrogen (secondary N) is 2. The number of aryl methyl sites for hydroxylation is 2. The SMILES string of the molecule is Cc1cc2c(cc1C)N[C@H](c1ccc(N3N=C(c4ccccc4)C[C@@H]3c3ccccc3)cc1)C1=C(CC(C)(C)CC1=O)N2. The number of nitrogens with zero attached hydrogens (tertiary/aromatic N) is 2. The average Bonchev–Trinajstić information content (AvgIpc) is 3.38. The highest BCUT2D eigenvalue weighted by atomic mass is 16.1. The molecule has 0 aromatic heterocycles. The average molecular weight is 567 g/mol. The number of anilines is 3. The molecule has 0 unspecified atom stereocenters. The first-order valence-electron chi connectivity index (χ1n) is 15.2. The van der Waals surface area contributed by atoms with E-state index in [-0.39, 0.29) is 23.3 Å². The molecule has 3 aliphatic rings. The molecule has 4 aromatic rings. The lowest BCUT2D eigenvalue weighted by Gasteiger charge is -2.34. The van der Waals surface area contributed by atoms with Crippen molar-refractivity contribution in [2.75, 3.05) is 15.6 Å². The zero-order valence-electron chi connectivity index (χ0n) is 25.3. The Balaban J connectivity index is 1.28. The number of hydrogen-bond acceptors (Lipinski definition) is 5. The number of Topliss-reactive ketones (excluding diaryl/α,β-unsaturated/α-hetero) is 1. The van der Waals surface area contributed by atoms with Gasteiger partial charge in [0.2, 0.25) is 0 Å². The summed E-state index contributed by atoms with van der Waals surface area (Å²) in [6.45, 7) is 8.64. The Kier molecular flexibility index (Phi) is 6.69. The second-order valence-corrected chi connectivity index (χ2v) is 13.0. The molecule has 0 saturated heterocycles. The van der Waals surface area contributed by atoms with Crippen molar-refractivity contribution >= 4 is 28.6 Å². The largest absolute Gasteiger partial charge is 0.372 e. The van der Waals surface area contributed by atoms with Gasteiger partial charge in [-0.2, -0.15) is 5.10 Å². The maximum Gasteiger partial charge on any atom is 0.163 e. The Morgan fingerprint density at radius 3 is 2.14 bits per heavy atom. The maximum absolute atomic E-state index is 13.7. The molecule has 0 amide bonds. The molecule has 0 radical (unpaired) electrons. The molecular weight excluding hydrogens is 528 g/mol. The lowest BCUT2D eigenvalue weighted by molar-refractivity contribution is -0.118. The number of hydrazone groups is 1. The van der Waals surface area contributed by atoms with Crippen LogP contribution < -0.4 is 15.6 Å². The van der Waals surface area contributed by atoms with Crippen molar-refractivity contribution in [2.45, 2.75) is 59.0 Å². The second-order valence-electron chi connectivity index (χ2n) is 13.0. The molecule has 43 heavy (non-hydrogen) atoms. The van der Waals surface area contributed by atoms with Crippen molar-refractivity contribution in [3.05, 3.63) is 136 Å². The van der Waals surface area contributed by atoms with Crippen LogP contribution in [0, 0.1) is 19.3 Å². The van der Waals surface area contributed by atoms with E-state index in [9.17, 15) is 4.79 Å². The molecule has 7 rings (SSSR count). The van der Waals surface area contributed by atoms with E-state index >= 15 is 0 Å². The van der Waals surface area contributed by atoms with Gasteiger partial charge >= 0.3 is 0 Å². The quantitative estimate of drug-likeness (QED) is 0.259. The van der Waals surface area contributed by atoms with Gasteiger partial charge in [0, 0.05) is 24.1 Å². The first-order valence-corrected chi connectivity index (χ1v) is 15.2. The smallest absolute Gasteiger partial charge is 0.163 e. The molecule has 0 bridgehead atoms. The molecule has 4 aromatic carbocycles. The highest BCUT2D eigenvalue weighted by Crippen LogP contribution is 2.46. The Morgan fingerprint density at radius 2 is 1.44 bits per heavy atom. The molecule has 0 saturated carbocycles. The molecule has 2 N–H and O–H groups in total. The zero-order valence-corrected chi connectivity index (χ0v) is 25.3. The van der Waals surface area contributed by atoms with Crippen LogP contribution in [0.4, 0.5) is 17.1 Å². The van der Waals surface area contributed by atoms with Crippen LogP contribution in [0.2, 0.25) is 0 Å². The van der Waals surface area contributed by atoms with Gasteiger partial charge in [-0.3, -0.25) is 9.80 Å². The van der Waals surface area contributed by atoms with Crippen LogP contribution in [0.5, 0.6) is 0 Å².